The number of thioether (sulfide) groups is 2. The second-order valence-electron chi connectivity index (χ2n) is 10.4. The van der Waals surface area contributed by atoms with Crippen molar-refractivity contribution < 1.29 is 24.0 Å². The number of nitrogens with one attached hydrogen (secondary N) is 1. The van der Waals surface area contributed by atoms with Gasteiger partial charge in [-0.25, -0.2) is 9.78 Å². The highest BCUT2D eigenvalue weighted by atomic mass is 32.2. The summed E-state index contributed by atoms with van der Waals surface area (Å²) in [6, 6.07) is 25.7. The normalized spacial score (nSPS) is 17.7. The fourth-order valence-corrected chi connectivity index (χ4v) is 9.36. The van der Waals surface area contributed by atoms with Gasteiger partial charge in [-0.1, -0.05) is 89.7 Å². The number of anilines is 1. The molecule has 0 aliphatic carbocycles. The topological polar surface area (TPSA) is 162 Å². The molecule has 2 unspecified atom stereocenters. The molecule has 1 saturated heterocycles. The number of thiazole rings is 1. The molecule has 242 valence electrons. The number of oxime groups is 1. The number of nitrogens with zero attached hydrogens (tertiary/aromatic N) is 5. The number of para-hydroxylation sites is 1. The zero-order valence-corrected chi connectivity index (χ0v) is 28.3. The van der Waals surface area contributed by atoms with Crippen LogP contribution in [0.4, 0.5) is 5.13 Å². The van der Waals surface area contributed by atoms with Gasteiger partial charge in [-0.2, -0.15) is 9.36 Å². The second-order valence-corrected chi connectivity index (χ2v) is 14.6. The Morgan fingerprint density at radius 2 is 1.71 bits per heavy atom. The first-order chi connectivity index (χ1) is 23.4. The number of nitrogens with two attached hydrogens (primary N) is 1. The smallest absolute Gasteiger partial charge is 0.356 e. The van der Waals surface area contributed by atoms with Crippen LogP contribution in [0.5, 0.6) is 0 Å². The summed E-state index contributed by atoms with van der Waals surface area (Å²) in [6.07, 6.45) is -0.730. The Kier molecular flexibility index (Phi) is 9.12. The molecule has 2 aliphatic rings. The van der Waals surface area contributed by atoms with Crippen LogP contribution in [0.3, 0.4) is 0 Å². The van der Waals surface area contributed by atoms with Crippen LogP contribution in [0.2, 0.25) is 0 Å². The van der Waals surface area contributed by atoms with Crippen molar-refractivity contribution >= 4 is 85.2 Å². The van der Waals surface area contributed by atoms with Gasteiger partial charge in [-0.05, 0) is 23.3 Å². The van der Waals surface area contributed by atoms with Gasteiger partial charge in [-0.3, -0.25) is 14.5 Å². The van der Waals surface area contributed by atoms with Crippen LogP contribution in [0, 0.1) is 0 Å². The van der Waals surface area contributed by atoms with Gasteiger partial charge in [-0.15, -0.1) is 23.1 Å². The third kappa shape index (κ3) is 6.26. The summed E-state index contributed by atoms with van der Waals surface area (Å²) < 4.78 is 12.0. The molecule has 3 aromatic carbocycles. The monoisotopic (exact) mass is 715 g/mol. The molecule has 3 N–H and O–H groups in total. The van der Waals surface area contributed by atoms with E-state index in [-0.39, 0.29) is 22.4 Å². The molecule has 2 atom stereocenters. The molecular weight excluding hydrogens is 691 g/mol. The van der Waals surface area contributed by atoms with Crippen molar-refractivity contribution in [3.63, 3.8) is 0 Å². The molecule has 0 spiro atoms. The fourth-order valence-electron chi connectivity index (χ4n) is 5.22. The van der Waals surface area contributed by atoms with Crippen molar-refractivity contribution in [2.75, 3.05) is 18.6 Å². The van der Waals surface area contributed by atoms with Crippen LogP contribution in [0.25, 0.3) is 10.2 Å². The minimum Gasteiger partial charge on any atom is -0.448 e. The van der Waals surface area contributed by atoms with E-state index in [1.807, 2.05) is 84.9 Å². The molecule has 0 saturated carbocycles. The quantitative estimate of drug-likeness (QED) is 0.0883. The SMILES string of the molecule is CO/N=C(\C(=O)NC1C(=O)N2C(C(=O)OC(c3ccccc3)c3ccccc3)=C(Sc3nc4ccccc4s3)CSC12)c1nsc(N)n1. The molecule has 5 aromatic rings. The molecule has 7 rings (SSSR count). The van der Waals surface area contributed by atoms with Gasteiger partial charge in [0.25, 0.3) is 11.8 Å². The zero-order valence-electron chi connectivity index (χ0n) is 25.0. The average molecular weight is 716 g/mol. The van der Waals surface area contributed by atoms with E-state index in [0.29, 0.717) is 10.7 Å². The number of benzene rings is 3. The number of hydrogen-bond donors (Lipinski definition) is 2. The van der Waals surface area contributed by atoms with Crippen LogP contribution in [-0.4, -0.2) is 67.0 Å². The number of rotatable bonds is 10. The van der Waals surface area contributed by atoms with Crippen LogP contribution >= 0.6 is 46.4 Å². The number of esters is 1. The summed E-state index contributed by atoms with van der Waals surface area (Å²) >= 11 is 5.15. The van der Waals surface area contributed by atoms with Crippen LogP contribution < -0.4 is 11.1 Å². The predicted molar refractivity (Wildman–Crippen MR) is 186 cm³/mol. The van der Waals surface area contributed by atoms with E-state index in [0.717, 1.165) is 37.2 Å². The van der Waals surface area contributed by atoms with Gasteiger partial charge in [0.2, 0.25) is 11.5 Å². The highest BCUT2D eigenvalue weighted by Gasteiger charge is 2.55. The van der Waals surface area contributed by atoms with E-state index in [1.54, 1.807) is 0 Å². The third-order valence-electron chi connectivity index (χ3n) is 7.38. The Labute approximate surface area is 290 Å². The van der Waals surface area contributed by atoms with Crippen LogP contribution in [0.15, 0.2) is 105 Å². The lowest BCUT2D eigenvalue weighted by molar-refractivity contribution is -0.154. The van der Waals surface area contributed by atoms with E-state index in [4.69, 9.17) is 20.3 Å². The first-order valence-electron chi connectivity index (χ1n) is 14.4. The number of fused-ring (bicyclic) bond motifs is 2. The maximum Gasteiger partial charge on any atom is 0.356 e. The summed E-state index contributed by atoms with van der Waals surface area (Å²) in [5, 5.41) is 6.04. The Balaban J connectivity index is 1.21. The summed E-state index contributed by atoms with van der Waals surface area (Å²) in [6.45, 7) is 0. The summed E-state index contributed by atoms with van der Waals surface area (Å²) in [7, 11) is 1.28. The van der Waals surface area contributed by atoms with E-state index in [9.17, 15) is 14.4 Å². The number of carbonyl (C=O) groups excluding carboxylic acids is 3. The largest absolute Gasteiger partial charge is 0.448 e. The highest BCUT2D eigenvalue weighted by molar-refractivity contribution is 8.07. The number of β-lactam (4-membered cyclic amide) rings is 1. The first-order valence-corrected chi connectivity index (χ1v) is 17.9. The summed E-state index contributed by atoms with van der Waals surface area (Å²) in [5.41, 5.74) is 8.00. The molecule has 2 aromatic heterocycles. The molecule has 4 heterocycles. The van der Waals surface area contributed by atoms with Crippen molar-refractivity contribution in [2.24, 2.45) is 5.16 Å². The minimum absolute atomic E-state index is 0.0247. The molecule has 0 radical (unpaired) electrons. The number of carbonyl (C=O) groups is 3. The average Bonchev–Trinajstić information content (AvgIpc) is 3.74. The third-order valence-corrected chi connectivity index (χ3v) is 11.6. The number of ether oxygens (including phenoxy) is 1. The van der Waals surface area contributed by atoms with Crippen molar-refractivity contribution in [2.45, 2.75) is 21.9 Å². The van der Waals surface area contributed by atoms with E-state index in [2.05, 4.69) is 19.8 Å². The molecule has 0 bridgehead atoms. The molecule has 48 heavy (non-hydrogen) atoms. The Morgan fingerprint density at radius 1 is 1.02 bits per heavy atom. The highest BCUT2D eigenvalue weighted by Crippen LogP contribution is 2.47. The second kappa shape index (κ2) is 13.8. The molecule has 12 nitrogen and oxygen atoms in total. The van der Waals surface area contributed by atoms with Crippen molar-refractivity contribution in [1.82, 2.24) is 24.6 Å². The van der Waals surface area contributed by atoms with Gasteiger partial charge in [0.05, 0.1) is 10.2 Å². The molecule has 2 aliphatic heterocycles. The Bertz CT molecular complexity index is 2000. The number of amides is 2. The standard InChI is InChI=1S/C32H25N7O5S4/c1-43-37-22(26-36-31(33)48-38-26)27(40)35-23-28(41)39-24(21(16-45-29(23)39)47-32-34-19-14-8-9-15-20(19)46-32)30(42)44-25(17-10-4-2-5-11-17)18-12-6-3-7-13-18/h2-15,23,25,29H,16H2,1H3,(H,35,40)(H2,33,36,38)/b37-22-. The Morgan fingerprint density at radius 3 is 2.35 bits per heavy atom. The fraction of sp³-hybridized carbons (Fsp3) is 0.156. The number of nitrogen functional groups attached to an aromatic ring is 1. The van der Waals surface area contributed by atoms with Crippen LogP contribution in [0.1, 0.15) is 23.1 Å². The van der Waals surface area contributed by atoms with E-state index in [1.165, 1.54) is 46.9 Å². The lowest BCUT2D eigenvalue weighted by Crippen LogP contribution is -2.71. The molecular formula is C32H25N7O5S4. The van der Waals surface area contributed by atoms with Gasteiger partial charge in [0.15, 0.2) is 15.6 Å². The van der Waals surface area contributed by atoms with Crippen molar-refractivity contribution in [3.8, 4) is 0 Å². The molecule has 2 amide bonds. The van der Waals surface area contributed by atoms with Crippen molar-refractivity contribution in [3.05, 3.63) is 112 Å². The van der Waals surface area contributed by atoms with E-state index < -0.39 is 35.3 Å². The summed E-state index contributed by atoms with van der Waals surface area (Å²) in [4.78, 5) is 57.1. The van der Waals surface area contributed by atoms with E-state index >= 15 is 0 Å². The number of aromatic nitrogens is 3. The van der Waals surface area contributed by atoms with Gasteiger partial charge >= 0.3 is 5.97 Å². The lowest BCUT2D eigenvalue weighted by atomic mass is 10.0. The first kappa shape index (κ1) is 31.8. The molecule has 1 fully saturated rings. The predicted octanol–water partition coefficient (Wildman–Crippen LogP) is 4.82. The Hall–Kier alpha value is -4.77. The van der Waals surface area contributed by atoms with Crippen LogP contribution in [-0.2, 0) is 24.0 Å². The van der Waals surface area contributed by atoms with Crippen molar-refractivity contribution in [1.29, 1.82) is 0 Å². The number of hydrogen-bond acceptors (Lipinski definition) is 14. The molecule has 16 heteroatoms. The van der Waals surface area contributed by atoms with Gasteiger partial charge in [0, 0.05) is 22.2 Å². The maximum atomic E-state index is 14.3. The minimum atomic E-state index is -0.962. The summed E-state index contributed by atoms with van der Waals surface area (Å²) in [5.74, 6) is -1.51. The van der Waals surface area contributed by atoms with Gasteiger partial charge < -0.3 is 20.6 Å². The zero-order chi connectivity index (χ0) is 33.2. The van der Waals surface area contributed by atoms with Gasteiger partial charge in [0.1, 0.15) is 24.2 Å². The lowest BCUT2D eigenvalue weighted by Gasteiger charge is -2.49. The maximum absolute atomic E-state index is 14.3.